The van der Waals surface area contributed by atoms with E-state index in [0.29, 0.717) is 5.76 Å². The van der Waals surface area contributed by atoms with E-state index >= 15 is 0 Å². The molecule has 3 rings (SSSR count). The van der Waals surface area contributed by atoms with Crippen molar-refractivity contribution < 1.29 is 23.7 Å². The van der Waals surface area contributed by atoms with E-state index in [-0.39, 0.29) is 18.3 Å². The third kappa shape index (κ3) is 1.78. The molecule has 0 radical (unpaired) electrons. The van der Waals surface area contributed by atoms with Gasteiger partial charge in [0.25, 0.3) is 0 Å². The lowest BCUT2D eigenvalue weighted by Gasteiger charge is -2.40. The summed E-state index contributed by atoms with van der Waals surface area (Å²) in [6, 6.07) is 0. The molecule has 3 aliphatic heterocycles. The predicted molar refractivity (Wildman–Crippen MR) is 57.9 cm³/mol. The molecule has 0 aromatic carbocycles. The maximum atomic E-state index is 5.86. The highest BCUT2D eigenvalue weighted by Gasteiger charge is 2.59. The van der Waals surface area contributed by atoms with E-state index in [4.69, 9.17) is 23.7 Å². The van der Waals surface area contributed by atoms with Crippen LogP contribution in [0.5, 0.6) is 0 Å². The third-order valence-corrected chi connectivity index (χ3v) is 3.11. The fourth-order valence-electron chi connectivity index (χ4n) is 2.59. The van der Waals surface area contributed by atoms with Crippen LogP contribution in [-0.2, 0) is 23.7 Å². The summed E-state index contributed by atoms with van der Waals surface area (Å²) in [4.78, 5) is 0. The van der Waals surface area contributed by atoms with E-state index in [1.165, 1.54) is 0 Å². The molecule has 0 N–H and O–H groups in total. The number of hydrogen-bond acceptors (Lipinski definition) is 5. The van der Waals surface area contributed by atoms with Gasteiger partial charge in [0.05, 0.1) is 0 Å². The van der Waals surface area contributed by atoms with Crippen molar-refractivity contribution in [1.29, 1.82) is 0 Å². The molecular formula is C12H18O5. The Morgan fingerprint density at radius 1 is 0.941 bits per heavy atom. The Balaban J connectivity index is 1.85. The highest BCUT2D eigenvalue weighted by Crippen LogP contribution is 2.44. The zero-order valence-corrected chi connectivity index (χ0v) is 10.6. The topological polar surface area (TPSA) is 46.2 Å². The van der Waals surface area contributed by atoms with Gasteiger partial charge in [0.15, 0.2) is 12.1 Å². The van der Waals surface area contributed by atoms with Gasteiger partial charge in [0.1, 0.15) is 24.1 Å². The molecule has 0 aliphatic carbocycles. The first-order valence-corrected chi connectivity index (χ1v) is 5.84. The molecule has 0 saturated carbocycles. The zero-order valence-electron chi connectivity index (χ0n) is 10.6. The molecule has 3 aliphatic rings. The third-order valence-electron chi connectivity index (χ3n) is 3.11. The Morgan fingerprint density at radius 2 is 1.59 bits per heavy atom. The van der Waals surface area contributed by atoms with Crippen LogP contribution in [0.4, 0.5) is 0 Å². The number of fused-ring (bicyclic) bond motifs is 3. The maximum Gasteiger partial charge on any atom is 0.204 e. The molecule has 5 heteroatoms. The Kier molecular flexibility index (Phi) is 2.18. The minimum atomic E-state index is -0.702. The molecular weight excluding hydrogens is 224 g/mol. The highest BCUT2D eigenvalue weighted by atomic mass is 16.9. The van der Waals surface area contributed by atoms with Crippen molar-refractivity contribution in [2.24, 2.45) is 0 Å². The summed E-state index contributed by atoms with van der Waals surface area (Å²) in [6.45, 7) is 11.3. The predicted octanol–water partition coefficient (Wildman–Crippen LogP) is 1.53. The van der Waals surface area contributed by atoms with Gasteiger partial charge in [-0.3, -0.25) is 0 Å². The summed E-state index contributed by atoms with van der Waals surface area (Å²) in [6.07, 6.45) is -1.17. The monoisotopic (exact) mass is 242 g/mol. The molecule has 0 amide bonds. The number of ether oxygens (including phenoxy) is 5. The summed E-state index contributed by atoms with van der Waals surface area (Å²) in [5, 5.41) is 0. The average Bonchev–Trinajstić information content (AvgIpc) is 2.58. The van der Waals surface area contributed by atoms with Crippen molar-refractivity contribution in [1.82, 2.24) is 0 Å². The van der Waals surface area contributed by atoms with Crippen LogP contribution >= 0.6 is 0 Å². The fraction of sp³-hybridized carbons (Fsp3) is 0.833. The van der Waals surface area contributed by atoms with E-state index in [1.54, 1.807) is 0 Å². The molecule has 0 aromatic heterocycles. The van der Waals surface area contributed by atoms with Gasteiger partial charge in [-0.1, -0.05) is 6.58 Å². The van der Waals surface area contributed by atoms with Crippen LogP contribution in [-0.4, -0.2) is 36.2 Å². The van der Waals surface area contributed by atoms with Gasteiger partial charge in [-0.15, -0.1) is 0 Å². The molecule has 0 unspecified atom stereocenters. The minimum Gasteiger partial charge on any atom is -0.465 e. The zero-order chi connectivity index (χ0) is 12.4. The van der Waals surface area contributed by atoms with Gasteiger partial charge in [-0.25, -0.2) is 0 Å². The maximum absolute atomic E-state index is 5.86. The summed E-state index contributed by atoms with van der Waals surface area (Å²) >= 11 is 0. The fourth-order valence-corrected chi connectivity index (χ4v) is 2.59. The highest BCUT2D eigenvalue weighted by molar-refractivity contribution is 5.10. The summed E-state index contributed by atoms with van der Waals surface area (Å²) in [5.41, 5.74) is 0. The van der Waals surface area contributed by atoms with Crippen LogP contribution in [0.1, 0.15) is 27.7 Å². The van der Waals surface area contributed by atoms with Crippen LogP contribution in [0.2, 0.25) is 0 Å². The van der Waals surface area contributed by atoms with Gasteiger partial charge in [-0.2, -0.15) is 0 Å². The normalized spacial score (nSPS) is 46.2. The molecule has 17 heavy (non-hydrogen) atoms. The average molecular weight is 242 g/mol. The molecule has 96 valence electrons. The van der Waals surface area contributed by atoms with E-state index in [0.717, 1.165) is 0 Å². The van der Waals surface area contributed by atoms with Gasteiger partial charge in [0.2, 0.25) is 5.79 Å². The van der Waals surface area contributed by atoms with Crippen LogP contribution in [0, 0.1) is 0 Å². The van der Waals surface area contributed by atoms with Crippen LogP contribution < -0.4 is 0 Å². The van der Waals surface area contributed by atoms with E-state index in [1.807, 2.05) is 27.7 Å². The second-order valence-electron chi connectivity index (χ2n) is 5.58. The van der Waals surface area contributed by atoms with Crippen molar-refractivity contribution in [3.8, 4) is 0 Å². The first-order valence-electron chi connectivity index (χ1n) is 5.84. The lowest BCUT2D eigenvalue weighted by atomic mass is 10.1. The molecule has 3 fully saturated rings. The van der Waals surface area contributed by atoms with Crippen molar-refractivity contribution >= 4 is 0 Å². The lowest BCUT2D eigenvalue weighted by molar-refractivity contribution is -0.295. The van der Waals surface area contributed by atoms with Crippen LogP contribution in [0.15, 0.2) is 12.3 Å². The summed E-state index contributed by atoms with van der Waals surface area (Å²) in [5.74, 6) is -0.759. The van der Waals surface area contributed by atoms with E-state index in [2.05, 4.69) is 6.58 Å². The smallest absolute Gasteiger partial charge is 0.204 e. The Morgan fingerprint density at radius 3 is 2.29 bits per heavy atom. The van der Waals surface area contributed by atoms with Crippen LogP contribution in [0.3, 0.4) is 0 Å². The summed E-state index contributed by atoms with van der Waals surface area (Å²) < 4.78 is 28.6. The molecule has 4 atom stereocenters. The molecule has 3 heterocycles. The lowest BCUT2D eigenvalue weighted by Crippen LogP contribution is -2.49. The number of rotatable bonds is 0. The van der Waals surface area contributed by atoms with Gasteiger partial charge in [-0.05, 0) is 13.8 Å². The largest absolute Gasteiger partial charge is 0.465 e. The standard InChI is InChI=1S/C12H18O5/c1-6-7-8(15-11(2,3)14-6)9-10(13-7)17-12(4,5)16-9/h7-10H,1H2,2-5H3/t7-,8+,9-,10-/m1/s1. The molecule has 5 nitrogen and oxygen atoms in total. The second kappa shape index (κ2) is 3.23. The van der Waals surface area contributed by atoms with Crippen LogP contribution in [0.25, 0.3) is 0 Å². The quantitative estimate of drug-likeness (QED) is 0.644. The Bertz CT molecular complexity index is 362. The molecule has 0 spiro atoms. The molecule has 3 saturated heterocycles. The summed E-state index contributed by atoms with van der Waals surface area (Å²) in [7, 11) is 0. The van der Waals surface area contributed by atoms with Gasteiger partial charge >= 0.3 is 0 Å². The molecule has 0 bridgehead atoms. The Labute approximate surface area is 101 Å². The van der Waals surface area contributed by atoms with Crippen molar-refractivity contribution in [3.05, 3.63) is 12.3 Å². The van der Waals surface area contributed by atoms with Crippen molar-refractivity contribution in [2.75, 3.05) is 0 Å². The second-order valence-corrected chi connectivity index (χ2v) is 5.58. The SMILES string of the molecule is C=C1OC(C)(C)O[C@@H]2[C@H]3OC(C)(C)O[C@H]3O[C@H]12. The Hall–Kier alpha value is -0.620. The molecule has 0 aromatic rings. The first-order chi connectivity index (χ1) is 7.77. The van der Waals surface area contributed by atoms with Crippen molar-refractivity contribution in [3.63, 3.8) is 0 Å². The van der Waals surface area contributed by atoms with Crippen molar-refractivity contribution in [2.45, 2.75) is 63.9 Å². The van der Waals surface area contributed by atoms with E-state index in [9.17, 15) is 0 Å². The minimum absolute atomic E-state index is 0.224. The first kappa shape index (κ1) is 11.5. The van der Waals surface area contributed by atoms with Gasteiger partial charge in [0, 0.05) is 13.8 Å². The van der Waals surface area contributed by atoms with E-state index < -0.39 is 17.9 Å². The number of hydrogen-bond donors (Lipinski definition) is 0. The van der Waals surface area contributed by atoms with Gasteiger partial charge < -0.3 is 23.7 Å².